The van der Waals surface area contributed by atoms with Gasteiger partial charge in [0, 0.05) is 11.6 Å². The summed E-state index contributed by atoms with van der Waals surface area (Å²) in [5.41, 5.74) is 7.90. The Hall–Kier alpha value is -2.87. The van der Waals surface area contributed by atoms with E-state index in [2.05, 4.69) is 75.0 Å². The lowest BCUT2D eigenvalue weighted by Crippen LogP contribution is -2.32. The van der Waals surface area contributed by atoms with Crippen molar-refractivity contribution in [1.82, 2.24) is 0 Å². The summed E-state index contributed by atoms with van der Waals surface area (Å²) in [6, 6.07) is 13.4. The summed E-state index contributed by atoms with van der Waals surface area (Å²) in [7, 11) is 2.16. The lowest BCUT2D eigenvalue weighted by Gasteiger charge is -2.27. The van der Waals surface area contributed by atoms with E-state index < -0.39 is 0 Å². The SMILES string of the molecule is Cc1c(C2CCCC2)cc2cc[n+](C)c3c2c1Oc1c-3c(C)c2ccccc2c1C. The molecule has 0 radical (unpaired) electrons. The van der Waals surface area contributed by atoms with E-state index in [1.807, 2.05) is 0 Å². The minimum Gasteiger partial charge on any atom is -0.455 e. The fourth-order valence-corrected chi connectivity index (χ4v) is 5.97. The number of aryl methyl sites for hydroxylation is 3. The summed E-state index contributed by atoms with van der Waals surface area (Å²) in [4.78, 5) is 0. The molecule has 1 aromatic heterocycles. The van der Waals surface area contributed by atoms with E-state index in [1.54, 1.807) is 0 Å². The molecule has 2 heteroatoms. The van der Waals surface area contributed by atoms with Crippen LogP contribution in [0.2, 0.25) is 0 Å². The second-order valence-electron chi connectivity index (χ2n) is 9.24. The van der Waals surface area contributed by atoms with Gasteiger partial charge in [0.25, 0.3) is 0 Å². The topological polar surface area (TPSA) is 13.1 Å². The Bertz CT molecular complexity index is 1360. The summed E-state index contributed by atoms with van der Waals surface area (Å²) in [5.74, 6) is 2.78. The predicted molar refractivity (Wildman–Crippen MR) is 124 cm³/mol. The van der Waals surface area contributed by atoms with Gasteiger partial charge in [-0.1, -0.05) is 37.1 Å². The standard InChI is InChI=1S/C28H28NO/c1-16-21-11-7-8-12-22(21)17(2)27-24(16)26-25-20(13-14-29(26)4)15-23(18(3)28(25)30-27)19-9-5-6-10-19/h7-8,11-15,19H,5-6,9-10H2,1-4H3/q+1. The smallest absolute Gasteiger partial charge is 0.228 e. The fraction of sp³-hybridized carbons (Fsp3) is 0.321. The van der Waals surface area contributed by atoms with Crippen LogP contribution in [0.1, 0.15) is 53.9 Å². The van der Waals surface area contributed by atoms with Crippen molar-refractivity contribution in [2.24, 2.45) is 7.05 Å². The number of fused-ring (bicyclic) bond motifs is 3. The summed E-state index contributed by atoms with van der Waals surface area (Å²) >= 11 is 0. The number of ether oxygens (including phenoxy) is 1. The number of rotatable bonds is 1. The normalized spacial score (nSPS) is 15.6. The Morgan fingerprint density at radius 1 is 0.867 bits per heavy atom. The predicted octanol–water partition coefficient (Wildman–Crippen LogP) is 7.17. The van der Waals surface area contributed by atoms with Crippen LogP contribution in [0.3, 0.4) is 0 Å². The van der Waals surface area contributed by atoms with E-state index in [0.717, 1.165) is 11.5 Å². The minimum atomic E-state index is 0.674. The van der Waals surface area contributed by atoms with Crippen molar-refractivity contribution in [2.45, 2.75) is 52.4 Å². The van der Waals surface area contributed by atoms with E-state index in [9.17, 15) is 0 Å². The lowest BCUT2D eigenvalue weighted by atomic mass is 9.85. The molecule has 30 heavy (non-hydrogen) atoms. The maximum atomic E-state index is 6.84. The number of aromatic nitrogens is 1. The van der Waals surface area contributed by atoms with Crippen LogP contribution in [0.5, 0.6) is 11.5 Å². The average molecular weight is 395 g/mol. The van der Waals surface area contributed by atoms with Gasteiger partial charge in [0.1, 0.15) is 18.5 Å². The van der Waals surface area contributed by atoms with Crippen molar-refractivity contribution < 1.29 is 9.30 Å². The molecular weight excluding hydrogens is 366 g/mol. The molecule has 1 aliphatic carbocycles. The van der Waals surface area contributed by atoms with Crippen molar-refractivity contribution in [2.75, 3.05) is 0 Å². The number of hydrogen-bond donors (Lipinski definition) is 0. The second kappa shape index (κ2) is 6.31. The molecule has 0 bridgehead atoms. The molecule has 1 fully saturated rings. The van der Waals surface area contributed by atoms with Crippen molar-refractivity contribution in [3.05, 3.63) is 64.8 Å². The van der Waals surface area contributed by atoms with E-state index in [-0.39, 0.29) is 0 Å². The van der Waals surface area contributed by atoms with Crippen LogP contribution in [-0.4, -0.2) is 0 Å². The van der Waals surface area contributed by atoms with Gasteiger partial charge in [0.2, 0.25) is 5.69 Å². The van der Waals surface area contributed by atoms with Gasteiger partial charge in [-0.2, -0.15) is 0 Å². The average Bonchev–Trinajstić information content (AvgIpc) is 3.30. The van der Waals surface area contributed by atoms with Gasteiger partial charge in [-0.05, 0) is 78.4 Å². The molecule has 4 aromatic rings. The van der Waals surface area contributed by atoms with Gasteiger partial charge < -0.3 is 4.74 Å². The number of nitrogens with zero attached hydrogens (tertiary/aromatic N) is 1. The first-order valence-electron chi connectivity index (χ1n) is 11.2. The van der Waals surface area contributed by atoms with Crippen LogP contribution < -0.4 is 9.30 Å². The Kier molecular flexibility index (Phi) is 3.78. The summed E-state index contributed by atoms with van der Waals surface area (Å²) in [6.45, 7) is 6.73. The van der Waals surface area contributed by atoms with Crippen LogP contribution in [0.25, 0.3) is 32.8 Å². The molecule has 1 saturated carbocycles. The van der Waals surface area contributed by atoms with Crippen molar-refractivity contribution in [1.29, 1.82) is 0 Å². The molecule has 1 aliphatic heterocycles. The third-order valence-corrected chi connectivity index (χ3v) is 7.58. The van der Waals surface area contributed by atoms with Gasteiger partial charge >= 0.3 is 0 Å². The van der Waals surface area contributed by atoms with Gasteiger partial charge in [-0.15, -0.1) is 0 Å². The van der Waals surface area contributed by atoms with Gasteiger partial charge in [-0.3, -0.25) is 0 Å². The molecule has 3 aromatic carbocycles. The quantitative estimate of drug-likeness (QED) is 0.275. The molecule has 2 heterocycles. The second-order valence-corrected chi connectivity index (χ2v) is 9.24. The first-order valence-corrected chi connectivity index (χ1v) is 11.2. The molecule has 0 N–H and O–H groups in total. The molecule has 150 valence electrons. The first-order chi connectivity index (χ1) is 14.6. The van der Waals surface area contributed by atoms with Crippen molar-refractivity contribution in [3.63, 3.8) is 0 Å². The molecule has 2 nitrogen and oxygen atoms in total. The Morgan fingerprint density at radius 2 is 1.57 bits per heavy atom. The highest BCUT2D eigenvalue weighted by Gasteiger charge is 2.34. The van der Waals surface area contributed by atoms with E-state index in [0.29, 0.717) is 5.92 Å². The summed E-state index contributed by atoms with van der Waals surface area (Å²) in [6.07, 6.45) is 7.52. The zero-order valence-corrected chi connectivity index (χ0v) is 18.3. The van der Waals surface area contributed by atoms with E-state index in [1.165, 1.54) is 80.7 Å². The van der Waals surface area contributed by atoms with Crippen LogP contribution in [-0.2, 0) is 7.05 Å². The van der Waals surface area contributed by atoms with Crippen molar-refractivity contribution >= 4 is 21.5 Å². The molecule has 2 aliphatic rings. The fourth-order valence-electron chi connectivity index (χ4n) is 5.97. The number of pyridine rings is 1. The molecular formula is C28H28NO+. The Balaban J connectivity index is 1.76. The van der Waals surface area contributed by atoms with Crippen LogP contribution in [0.4, 0.5) is 0 Å². The van der Waals surface area contributed by atoms with Crippen molar-refractivity contribution in [3.8, 4) is 22.8 Å². The Labute approximate surface area is 178 Å². The zero-order chi connectivity index (χ0) is 20.6. The number of benzene rings is 3. The van der Waals surface area contributed by atoms with Crippen LogP contribution >= 0.6 is 0 Å². The molecule has 0 amide bonds. The van der Waals surface area contributed by atoms with Gasteiger partial charge in [0.05, 0.1) is 10.9 Å². The minimum absolute atomic E-state index is 0.674. The largest absolute Gasteiger partial charge is 0.455 e. The molecule has 0 saturated heterocycles. The summed E-state index contributed by atoms with van der Waals surface area (Å²) < 4.78 is 9.12. The lowest BCUT2D eigenvalue weighted by molar-refractivity contribution is -0.659. The Morgan fingerprint density at radius 3 is 2.30 bits per heavy atom. The summed E-state index contributed by atoms with van der Waals surface area (Å²) in [5, 5.41) is 5.18. The molecule has 0 spiro atoms. The monoisotopic (exact) mass is 394 g/mol. The highest BCUT2D eigenvalue weighted by atomic mass is 16.5. The molecule has 6 rings (SSSR count). The van der Waals surface area contributed by atoms with Gasteiger partial charge in [-0.25, -0.2) is 4.57 Å². The number of hydrogen-bond acceptors (Lipinski definition) is 1. The van der Waals surface area contributed by atoms with Crippen LogP contribution in [0, 0.1) is 20.8 Å². The third kappa shape index (κ3) is 2.28. The van der Waals surface area contributed by atoms with Gasteiger partial charge in [0.15, 0.2) is 6.20 Å². The van der Waals surface area contributed by atoms with E-state index >= 15 is 0 Å². The maximum absolute atomic E-state index is 6.84. The maximum Gasteiger partial charge on any atom is 0.228 e. The highest BCUT2D eigenvalue weighted by molar-refractivity contribution is 6.07. The molecule has 0 atom stereocenters. The highest BCUT2D eigenvalue weighted by Crippen LogP contribution is 2.53. The van der Waals surface area contributed by atoms with Crippen LogP contribution in [0.15, 0.2) is 42.6 Å². The van der Waals surface area contributed by atoms with E-state index in [4.69, 9.17) is 4.74 Å². The zero-order valence-electron chi connectivity index (χ0n) is 18.3. The first kappa shape index (κ1) is 17.9. The third-order valence-electron chi connectivity index (χ3n) is 7.58. The molecule has 0 unspecified atom stereocenters.